The van der Waals surface area contributed by atoms with Gasteiger partial charge in [-0.1, -0.05) is 32.8 Å². The Bertz CT molecular complexity index is 771. The van der Waals surface area contributed by atoms with Crippen molar-refractivity contribution in [2.24, 2.45) is 5.92 Å². The summed E-state index contributed by atoms with van der Waals surface area (Å²) in [6.07, 6.45) is 5.41. The van der Waals surface area contributed by atoms with E-state index in [1.165, 1.54) is 12.8 Å². The SMILES string of the molecule is CC(C)c1cc(=O)[nH]c2cc(NC(=O)CC3CCCC3)ccc12. The zero-order valence-electron chi connectivity index (χ0n) is 13.8. The van der Waals surface area contributed by atoms with Gasteiger partial charge >= 0.3 is 0 Å². The summed E-state index contributed by atoms with van der Waals surface area (Å²) in [6, 6.07) is 7.41. The number of aromatic nitrogens is 1. The van der Waals surface area contributed by atoms with E-state index in [2.05, 4.69) is 24.1 Å². The number of H-pyrrole nitrogens is 1. The number of carbonyl (C=O) groups is 1. The highest BCUT2D eigenvalue weighted by Crippen LogP contribution is 2.28. The lowest BCUT2D eigenvalue weighted by atomic mass is 9.98. The van der Waals surface area contributed by atoms with Crippen molar-refractivity contribution in [3.05, 3.63) is 40.2 Å². The fraction of sp³-hybridized carbons (Fsp3) is 0.474. The Labute approximate surface area is 136 Å². The van der Waals surface area contributed by atoms with Crippen LogP contribution in [-0.4, -0.2) is 10.9 Å². The maximum atomic E-state index is 12.2. The Balaban J connectivity index is 1.82. The van der Waals surface area contributed by atoms with Crippen LogP contribution < -0.4 is 10.9 Å². The van der Waals surface area contributed by atoms with Crippen molar-refractivity contribution >= 4 is 22.5 Å². The van der Waals surface area contributed by atoms with Crippen molar-refractivity contribution in [3.63, 3.8) is 0 Å². The van der Waals surface area contributed by atoms with Crippen LogP contribution in [0.2, 0.25) is 0 Å². The van der Waals surface area contributed by atoms with Gasteiger partial charge in [-0.05, 0) is 42.4 Å². The average molecular weight is 312 g/mol. The largest absolute Gasteiger partial charge is 0.326 e. The highest BCUT2D eigenvalue weighted by atomic mass is 16.1. The number of amides is 1. The van der Waals surface area contributed by atoms with E-state index in [1.807, 2.05) is 18.2 Å². The molecule has 1 aliphatic rings. The number of fused-ring (bicyclic) bond motifs is 1. The molecule has 2 aromatic rings. The van der Waals surface area contributed by atoms with Gasteiger partial charge in [0.1, 0.15) is 0 Å². The van der Waals surface area contributed by atoms with Crippen molar-refractivity contribution in [3.8, 4) is 0 Å². The fourth-order valence-corrected chi connectivity index (χ4v) is 3.53. The molecule has 1 saturated carbocycles. The van der Waals surface area contributed by atoms with Gasteiger partial charge in [0.05, 0.1) is 5.52 Å². The minimum atomic E-state index is -0.101. The van der Waals surface area contributed by atoms with Crippen molar-refractivity contribution in [1.82, 2.24) is 4.98 Å². The summed E-state index contributed by atoms with van der Waals surface area (Å²) in [5, 5.41) is 4.00. The van der Waals surface area contributed by atoms with Crippen LogP contribution in [0, 0.1) is 5.92 Å². The lowest BCUT2D eigenvalue weighted by Crippen LogP contribution is -2.15. The molecule has 0 bridgehead atoms. The first-order valence-corrected chi connectivity index (χ1v) is 8.50. The quantitative estimate of drug-likeness (QED) is 0.890. The molecule has 0 spiro atoms. The topological polar surface area (TPSA) is 62.0 Å². The predicted molar refractivity (Wildman–Crippen MR) is 93.9 cm³/mol. The van der Waals surface area contributed by atoms with E-state index in [9.17, 15) is 9.59 Å². The molecule has 122 valence electrons. The number of anilines is 1. The number of hydrogen-bond donors (Lipinski definition) is 2. The summed E-state index contributed by atoms with van der Waals surface area (Å²) in [6.45, 7) is 4.15. The third-order valence-corrected chi connectivity index (χ3v) is 4.73. The molecule has 1 aromatic heterocycles. The van der Waals surface area contributed by atoms with Gasteiger partial charge < -0.3 is 10.3 Å². The molecule has 4 nitrogen and oxygen atoms in total. The number of hydrogen-bond acceptors (Lipinski definition) is 2. The van der Waals surface area contributed by atoms with Gasteiger partial charge in [-0.15, -0.1) is 0 Å². The Morgan fingerprint density at radius 1 is 1.26 bits per heavy atom. The number of aromatic amines is 1. The first kappa shape index (κ1) is 15.8. The standard InChI is InChI=1S/C19H24N2O2/c1-12(2)16-11-19(23)21-17-10-14(7-8-15(16)17)20-18(22)9-13-5-3-4-6-13/h7-8,10-13H,3-6,9H2,1-2H3,(H,20,22)(H,21,23). The van der Waals surface area contributed by atoms with Crippen molar-refractivity contribution < 1.29 is 4.79 Å². The van der Waals surface area contributed by atoms with Crippen LogP contribution in [0.15, 0.2) is 29.1 Å². The van der Waals surface area contributed by atoms with Crippen LogP contribution in [0.5, 0.6) is 0 Å². The smallest absolute Gasteiger partial charge is 0.248 e. The van der Waals surface area contributed by atoms with E-state index >= 15 is 0 Å². The molecule has 1 aromatic carbocycles. The van der Waals surface area contributed by atoms with Gasteiger partial charge in [0.2, 0.25) is 11.5 Å². The summed E-state index contributed by atoms with van der Waals surface area (Å²) in [5.41, 5.74) is 2.46. The Hall–Kier alpha value is -2.10. The van der Waals surface area contributed by atoms with E-state index in [0.717, 1.165) is 35.0 Å². The van der Waals surface area contributed by atoms with E-state index in [-0.39, 0.29) is 17.4 Å². The average Bonchev–Trinajstić information content (AvgIpc) is 2.98. The third-order valence-electron chi connectivity index (χ3n) is 4.73. The fourth-order valence-electron chi connectivity index (χ4n) is 3.53. The van der Waals surface area contributed by atoms with Crippen molar-refractivity contribution in [2.45, 2.75) is 51.9 Å². The molecular formula is C19H24N2O2. The molecule has 1 heterocycles. The molecule has 1 amide bonds. The van der Waals surface area contributed by atoms with Crippen LogP contribution in [0.3, 0.4) is 0 Å². The predicted octanol–water partition coefficient (Wildman–Crippen LogP) is 4.17. The zero-order valence-corrected chi connectivity index (χ0v) is 13.8. The third kappa shape index (κ3) is 3.63. The molecule has 4 heteroatoms. The highest BCUT2D eigenvalue weighted by Gasteiger charge is 2.18. The minimum absolute atomic E-state index is 0.0682. The molecule has 0 unspecified atom stereocenters. The van der Waals surface area contributed by atoms with Gasteiger partial charge in [-0.25, -0.2) is 0 Å². The first-order chi connectivity index (χ1) is 11.0. The van der Waals surface area contributed by atoms with Gasteiger partial charge in [-0.2, -0.15) is 0 Å². The second-order valence-corrected chi connectivity index (χ2v) is 6.91. The molecule has 3 rings (SSSR count). The van der Waals surface area contributed by atoms with Gasteiger partial charge in [-0.3, -0.25) is 9.59 Å². The van der Waals surface area contributed by atoms with Gasteiger partial charge in [0, 0.05) is 23.6 Å². The van der Waals surface area contributed by atoms with Crippen molar-refractivity contribution in [1.29, 1.82) is 0 Å². The molecule has 0 saturated heterocycles. The Morgan fingerprint density at radius 2 is 2.00 bits per heavy atom. The summed E-state index contributed by atoms with van der Waals surface area (Å²) in [7, 11) is 0. The molecular weight excluding hydrogens is 288 g/mol. The summed E-state index contributed by atoms with van der Waals surface area (Å²) in [5.74, 6) is 0.879. The maximum absolute atomic E-state index is 12.2. The Kier molecular flexibility index (Phi) is 4.51. The van der Waals surface area contributed by atoms with Crippen LogP contribution in [0.25, 0.3) is 10.9 Å². The summed E-state index contributed by atoms with van der Waals surface area (Å²) >= 11 is 0. The molecule has 1 fully saturated rings. The molecule has 1 aliphatic carbocycles. The molecule has 23 heavy (non-hydrogen) atoms. The normalized spacial score (nSPS) is 15.4. The summed E-state index contributed by atoms with van der Waals surface area (Å²) in [4.78, 5) is 26.9. The van der Waals surface area contributed by atoms with Gasteiger partial charge in [0.15, 0.2) is 0 Å². The second kappa shape index (κ2) is 6.57. The molecule has 0 radical (unpaired) electrons. The van der Waals surface area contributed by atoms with Crippen molar-refractivity contribution in [2.75, 3.05) is 5.32 Å². The van der Waals surface area contributed by atoms with E-state index in [1.54, 1.807) is 6.07 Å². The second-order valence-electron chi connectivity index (χ2n) is 6.91. The van der Waals surface area contributed by atoms with E-state index in [4.69, 9.17) is 0 Å². The minimum Gasteiger partial charge on any atom is -0.326 e. The number of pyridine rings is 1. The number of carbonyl (C=O) groups excluding carboxylic acids is 1. The molecule has 0 aliphatic heterocycles. The van der Waals surface area contributed by atoms with Crippen LogP contribution in [0.1, 0.15) is 57.4 Å². The van der Waals surface area contributed by atoms with Crippen LogP contribution in [-0.2, 0) is 4.79 Å². The lowest BCUT2D eigenvalue weighted by molar-refractivity contribution is -0.117. The number of rotatable bonds is 4. The van der Waals surface area contributed by atoms with E-state index < -0.39 is 0 Å². The van der Waals surface area contributed by atoms with Gasteiger partial charge in [0.25, 0.3) is 0 Å². The summed E-state index contributed by atoms with van der Waals surface area (Å²) < 4.78 is 0. The van der Waals surface area contributed by atoms with Crippen LogP contribution in [0.4, 0.5) is 5.69 Å². The Morgan fingerprint density at radius 3 is 2.70 bits per heavy atom. The van der Waals surface area contributed by atoms with Crippen LogP contribution >= 0.6 is 0 Å². The lowest BCUT2D eigenvalue weighted by Gasteiger charge is -2.12. The number of nitrogens with one attached hydrogen (secondary N) is 2. The monoisotopic (exact) mass is 312 g/mol. The zero-order chi connectivity index (χ0) is 16.4. The molecule has 0 atom stereocenters. The highest BCUT2D eigenvalue weighted by molar-refractivity contribution is 5.94. The van der Waals surface area contributed by atoms with E-state index in [0.29, 0.717) is 12.3 Å². The first-order valence-electron chi connectivity index (χ1n) is 8.50. The maximum Gasteiger partial charge on any atom is 0.248 e. The number of benzene rings is 1. The molecule has 2 N–H and O–H groups in total.